The van der Waals surface area contributed by atoms with Crippen LogP contribution in [0.5, 0.6) is 0 Å². The Labute approximate surface area is 136 Å². The number of nitrogens with two attached hydrogens (primary N) is 1. The molecule has 4 nitrogen and oxygen atoms in total. The van der Waals surface area contributed by atoms with Gasteiger partial charge in [0.05, 0.1) is 17.3 Å². The molecule has 1 amide bonds. The molecule has 0 aliphatic carbocycles. The van der Waals surface area contributed by atoms with Gasteiger partial charge in [-0.2, -0.15) is 0 Å². The van der Waals surface area contributed by atoms with E-state index in [1.807, 2.05) is 0 Å². The lowest BCUT2D eigenvalue weighted by Crippen LogP contribution is -2.13. The van der Waals surface area contributed by atoms with E-state index < -0.39 is 0 Å². The van der Waals surface area contributed by atoms with Gasteiger partial charge in [0.15, 0.2) is 0 Å². The molecule has 2 aromatic rings. The van der Waals surface area contributed by atoms with Crippen LogP contribution in [0.4, 0.5) is 5.69 Å². The molecule has 1 aromatic heterocycles. The summed E-state index contributed by atoms with van der Waals surface area (Å²) < 4.78 is 0. The molecule has 0 atom stereocenters. The molecule has 0 aliphatic heterocycles. The Balaban J connectivity index is 2.28. The predicted octanol–water partition coefficient (Wildman–Crippen LogP) is 3.54. The lowest BCUT2D eigenvalue weighted by atomic mass is 10.1. The van der Waals surface area contributed by atoms with Crippen LogP contribution in [-0.4, -0.2) is 17.4 Å². The second-order valence-corrected chi connectivity index (χ2v) is 5.22. The van der Waals surface area contributed by atoms with Crippen molar-refractivity contribution >= 4 is 46.4 Å². The quantitative estimate of drug-likeness (QED) is 0.731. The van der Waals surface area contributed by atoms with E-state index in [2.05, 4.69) is 22.1 Å². The van der Waals surface area contributed by atoms with E-state index in [0.29, 0.717) is 16.3 Å². The number of H-pyrrole nitrogens is 1. The van der Waals surface area contributed by atoms with Crippen molar-refractivity contribution in [3.63, 3.8) is 0 Å². The van der Waals surface area contributed by atoms with E-state index in [4.69, 9.17) is 40.5 Å². The normalized spacial score (nSPS) is 9.90. The van der Waals surface area contributed by atoms with Gasteiger partial charge in [0.2, 0.25) is 0 Å². The topological polar surface area (TPSA) is 70.9 Å². The van der Waals surface area contributed by atoms with Crippen molar-refractivity contribution in [2.24, 2.45) is 5.73 Å². The van der Waals surface area contributed by atoms with Gasteiger partial charge in [0.25, 0.3) is 5.91 Å². The summed E-state index contributed by atoms with van der Waals surface area (Å²) in [6, 6.07) is 6.40. The molecule has 1 aromatic carbocycles. The molecular weight excluding hydrogens is 333 g/mol. The molecule has 0 unspecified atom stereocenters. The highest BCUT2D eigenvalue weighted by Crippen LogP contribution is 2.24. The van der Waals surface area contributed by atoms with E-state index in [0.717, 1.165) is 0 Å². The fourth-order valence-corrected chi connectivity index (χ4v) is 2.08. The molecule has 4 N–H and O–H groups in total. The average molecular weight is 343 g/mol. The smallest absolute Gasteiger partial charge is 0.272 e. The Morgan fingerprint density at radius 3 is 2.67 bits per heavy atom. The minimum Gasteiger partial charge on any atom is -0.340 e. The number of benzene rings is 1. The lowest BCUT2D eigenvalue weighted by Gasteiger charge is -2.07. The maximum absolute atomic E-state index is 12.1. The number of aromatic amines is 1. The maximum Gasteiger partial charge on any atom is 0.272 e. The molecule has 0 fully saturated rings. The van der Waals surface area contributed by atoms with Crippen LogP contribution in [0.2, 0.25) is 15.2 Å². The Bertz CT molecular complexity index is 724. The highest BCUT2D eigenvalue weighted by molar-refractivity contribution is 6.41. The van der Waals surface area contributed by atoms with Crippen molar-refractivity contribution in [1.82, 2.24) is 4.98 Å². The Morgan fingerprint density at radius 1 is 1.29 bits per heavy atom. The van der Waals surface area contributed by atoms with Crippen molar-refractivity contribution in [3.05, 3.63) is 50.7 Å². The first-order valence-electron chi connectivity index (χ1n) is 5.85. The molecule has 21 heavy (non-hydrogen) atoms. The molecule has 0 saturated carbocycles. The van der Waals surface area contributed by atoms with E-state index in [9.17, 15) is 4.79 Å². The Hall–Kier alpha value is -1.64. The number of amides is 1. The average Bonchev–Trinajstić information content (AvgIpc) is 2.79. The number of rotatable bonds is 2. The molecule has 7 heteroatoms. The van der Waals surface area contributed by atoms with Crippen molar-refractivity contribution in [3.8, 4) is 11.8 Å². The Morgan fingerprint density at radius 2 is 2.05 bits per heavy atom. The number of anilines is 1. The molecule has 0 bridgehead atoms. The van der Waals surface area contributed by atoms with Gasteiger partial charge in [-0.05, 0) is 24.3 Å². The highest BCUT2D eigenvalue weighted by Gasteiger charge is 2.13. The minimum absolute atomic E-state index is 0.209. The van der Waals surface area contributed by atoms with Gasteiger partial charge in [0, 0.05) is 10.6 Å². The molecule has 2 rings (SSSR count). The van der Waals surface area contributed by atoms with Crippen LogP contribution in [0.1, 0.15) is 16.1 Å². The zero-order chi connectivity index (χ0) is 15.4. The summed E-state index contributed by atoms with van der Waals surface area (Å²) in [7, 11) is 0. The fraction of sp³-hybridized carbons (Fsp3) is 0.0714. The summed E-state index contributed by atoms with van der Waals surface area (Å²) in [6.45, 7) is 0.210. The second kappa shape index (κ2) is 6.88. The van der Waals surface area contributed by atoms with Crippen LogP contribution in [-0.2, 0) is 0 Å². The number of carbonyl (C=O) groups excluding carboxylic acids is 1. The van der Waals surface area contributed by atoms with Crippen LogP contribution in [0, 0.1) is 11.8 Å². The monoisotopic (exact) mass is 341 g/mol. The Kier molecular flexibility index (Phi) is 5.16. The van der Waals surface area contributed by atoms with Gasteiger partial charge < -0.3 is 16.0 Å². The van der Waals surface area contributed by atoms with Crippen molar-refractivity contribution < 1.29 is 4.79 Å². The first-order valence-corrected chi connectivity index (χ1v) is 6.98. The molecule has 0 aliphatic rings. The molecule has 0 radical (unpaired) electrons. The molecule has 1 heterocycles. The van der Waals surface area contributed by atoms with Crippen molar-refractivity contribution in [2.45, 2.75) is 0 Å². The minimum atomic E-state index is -0.387. The largest absolute Gasteiger partial charge is 0.340 e. The number of halogens is 3. The number of hydrogen-bond donors (Lipinski definition) is 3. The van der Waals surface area contributed by atoms with E-state index in [-0.39, 0.29) is 28.3 Å². The predicted molar refractivity (Wildman–Crippen MR) is 86.2 cm³/mol. The zero-order valence-corrected chi connectivity index (χ0v) is 12.9. The summed E-state index contributed by atoms with van der Waals surface area (Å²) in [5, 5.41) is 3.72. The standard InChI is InChI=1S/C14H10Cl3N3O/c15-9-3-4-11(8(6-9)2-1-5-18)20-14(21)12-7-10(16)13(17)19-12/h3-4,6-7,19H,5,18H2,(H,20,21). The summed E-state index contributed by atoms with van der Waals surface area (Å²) in [5.41, 5.74) is 6.69. The summed E-state index contributed by atoms with van der Waals surface area (Å²) in [4.78, 5) is 14.8. The van der Waals surface area contributed by atoms with Crippen LogP contribution in [0.15, 0.2) is 24.3 Å². The first kappa shape index (κ1) is 15.7. The molecule has 0 saturated heterocycles. The van der Waals surface area contributed by atoms with Gasteiger partial charge in [-0.25, -0.2) is 0 Å². The highest BCUT2D eigenvalue weighted by atomic mass is 35.5. The third-order valence-corrected chi connectivity index (χ3v) is 3.45. The van der Waals surface area contributed by atoms with Crippen molar-refractivity contribution in [2.75, 3.05) is 11.9 Å². The van der Waals surface area contributed by atoms with Crippen LogP contribution in [0.3, 0.4) is 0 Å². The lowest BCUT2D eigenvalue weighted by molar-refractivity contribution is 0.102. The van der Waals surface area contributed by atoms with Crippen molar-refractivity contribution in [1.29, 1.82) is 0 Å². The van der Waals surface area contributed by atoms with E-state index in [1.165, 1.54) is 6.07 Å². The number of nitrogens with one attached hydrogen (secondary N) is 2. The number of carbonyl (C=O) groups is 1. The van der Waals surface area contributed by atoms with E-state index >= 15 is 0 Å². The van der Waals surface area contributed by atoms with Gasteiger partial charge in [-0.3, -0.25) is 4.79 Å². The third-order valence-electron chi connectivity index (χ3n) is 2.52. The second-order valence-electron chi connectivity index (χ2n) is 3.99. The number of hydrogen-bond acceptors (Lipinski definition) is 2. The van der Waals surface area contributed by atoms with Crippen LogP contribution >= 0.6 is 34.8 Å². The molecule has 0 spiro atoms. The van der Waals surface area contributed by atoms with Crippen LogP contribution < -0.4 is 11.1 Å². The summed E-state index contributed by atoms with van der Waals surface area (Å²) in [5.74, 6) is 5.18. The van der Waals surface area contributed by atoms with Gasteiger partial charge in [-0.15, -0.1) is 0 Å². The summed E-state index contributed by atoms with van der Waals surface area (Å²) >= 11 is 17.5. The zero-order valence-electron chi connectivity index (χ0n) is 10.6. The molecule has 108 valence electrons. The first-order chi connectivity index (χ1) is 10.0. The third kappa shape index (κ3) is 3.93. The van der Waals surface area contributed by atoms with Crippen LogP contribution in [0.25, 0.3) is 0 Å². The van der Waals surface area contributed by atoms with Gasteiger partial charge in [-0.1, -0.05) is 46.6 Å². The van der Waals surface area contributed by atoms with Gasteiger partial charge >= 0.3 is 0 Å². The SMILES string of the molecule is NCC#Cc1cc(Cl)ccc1NC(=O)c1cc(Cl)c(Cl)[nH]1. The van der Waals surface area contributed by atoms with Gasteiger partial charge in [0.1, 0.15) is 10.8 Å². The maximum atomic E-state index is 12.1. The fourth-order valence-electron chi connectivity index (χ4n) is 1.59. The summed E-state index contributed by atoms with van der Waals surface area (Å²) in [6.07, 6.45) is 0. The van der Waals surface area contributed by atoms with E-state index in [1.54, 1.807) is 18.2 Å². The molecular formula is C14H10Cl3N3O. The number of aromatic nitrogens is 1.